The Morgan fingerprint density at radius 3 is 2.45 bits per heavy atom. The molecule has 0 fully saturated rings. The Balaban J connectivity index is 2.61. The zero-order valence-corrected chi connectivity index (χ0v) is 12.7. The highest BCUT2D eigenvalue weighted by molar-refractivity contribution is 6.34. The molecule has 1 atom stereocenters. The Kier molecular flexibility index (Phi) is 6.55. The average molecular weight is 316 g/mol. The molecule has 1 rings (SSSR count). The van der Waals surface area contributed by atoms with Crippen molar-refractivity contribution < 1.29 is 14.3 Å². The van der Waals surface area contributed by atoms with Crippen molar-refractivity contribution in [3.8, 4) is 0 Å². The van der Waals surface area contributed by atoms with Crippen LogP contribution in [0.25, 0.3) is 6.08 Å². The van der Waals surface area contributed by atoms with Crippen molar-refractivity contribution in [1.29, 1.82) is 0 Å². The second kappa shape index (κ2) is 7.92. The Hall–Kier alpha value is -1.52. The van der Waals surface area contributed by atoms with Gasteiger partial charge in [0.1, 0.15) is 6.04 Å². The molecule has 0 saturated heterocycles. The first kappa shape index (κ1) is 16.5. The van der Waals surface area contributed by atoms with Gasteiger partial charge in [-0.2, -0.15) is 0 Å². The third-order valence-electron chi connectivity index (χ3n) is 2.31. The smallest absolute Gasteiger partial charge is 0.328 e. The molecule has 0 aromatic heterocycles. The summed E-state index contributed by atoms with van der Waals surface area (Å²) in [5, 5.41) is 3.47. The summed E-state index contributed by atoms with van der Waals surface area (Å²) in [6.07, 6.45) is 2.86. The van der Waals surface area contributed by atoms with Crippen LogP contribution in [-0.2, 0) is 14.3 Å². The van der Waals surface area contributed by atoms with E-state index in [2.05, 4.69) is 5.32 Å². The van der Waals surface area contributed by atoms with Gasteiger partial charge in [0.2, 0.25) is 5.91 Å². The first-order valence-corrected chi connectivity index (χ1v) is 6.79. The van der Waals surface area contributed by atoms with Crippen LogP contribution in [0.4, 0.5) is 0 Å². The molecule has 0 saturated carbocycles. The van der Waals surface area contributed by atoms with Crippen molar-refractivity contribution >= 4 is 41.2 Å². The minimum absolute atomic E-state index is 0.274. The van der Waals surface area contributed by atoms with Gasteiger partial charge in [-0.3, -0.25) is 4.79 Å². The van der Waals surface area contributed by atoms with E-state index in [9.17, 15) is 9.59 Å². The monoisotopic (exact) mass is 315 g/mol. The molecule has 0 heterocycles. The van der Waals surface area contributed by atoms with Crippen molar-refractivity contribution in [3.05, 3.63) is 39.9 Å². The van der Waals surface area contributed by atoms with Gasteiger partial charge in [-0.1, -0.05) is 23.2 Å². The summed E-state index contributed by atoms with van der Waals surface area (Å²) in [4.78, 5) is 23.0. The molecule has 0 bridgehead atoms. The minimum atomic E-state index is -0.699. The van der Waals surface area contributed by atoms with Gasteiger partial charge in [-0.25, -0.2) is 4.79 Å². The van der Waals surface area contributed by atoms with Crippen LogP contribution in [0.15, 0.2) is 24.3 Å². The second-order valence-corrected chi connectivity index (χ2v) is 4.89. The number of halogens is 2. The van der Waals surface area contributed by atoms with Crippen LogP contribution in [0.5, 0.6) is 0 Å². The maximum atomic E-state index is 11.6. The lowest BCUT2D eigenvalue weighted by Crippen LogP contribution is -2.38. The van der Waals surface area contributed by atoms with Crippen LogP contribution in [-0.4, -0.2) is 24.5 Å². The number of carbonyl (C=O) groups excluding carboxylic acids is 2. The highest BCUT2D eigenvalue weighted by atomic mass is 35.5. The maximum Gasteiger partial charge on any atom is 0.328 e. The zero-order valence-electron chi connectivity index (χ0n) is 11.2. The molecule has 0 aliphatic carbocycles. The molecule has 1 aromatic carbocycles. The topological polar surface area (TPSA) is 55.4 Å². The van der Waals surface area contributed by atoms with E-state index in [0.717, 1.165) is 0 Å². The third kappa shape index (κ3) is 5.63. The first-order chi connectivity index (χ1) is 9.42. The number of nitrogens with one attached hydrogen (secondary N) is 1. The molecule has 0 aliphatic rings. The van der Waals surface area contributed by atoms with Gasteiger partial charge in [-0.05, 0) is 43.7 Å². The molecule has 0 aliphatic heterocycles. The number of ether oxygens (including phenoxy) is 1. The van der Waals surface area contributed by atoms with E-state index >= 15 is 0 Å². The van der Waals surface area contributed by atoms with E-state index in [-0.39, 0.29) is 6.61 Å². The SMILES string of the molecule is CCOC(=O)C(C)NC(=O)C=Cc1cc(Cl)cc(Cl)c1. The van der Waals surface area contributed by atoms with Gasteiger partial charge in [-0.15, -0.1) is 0 Å². The van der Waals surface area contributed by atoms with Gasteiger partial charge >= 0.3 is 5.97 Å². The van der Waals surface area contributed by atoms with Gasteiger partial charge in [0.25, 0.3) is 0 Å². The molecule has 4 nitrogen and oxygen atoms in total. The lowest BCUT2D eigenvalue weighted by molar-refractivity contribution is -0.146. The van der Waals surface area contributed by atoms with E-state index in [0.29, 0.717) is 15.6 Å². The van der Waals surface area contributed by atoms with Crippen molar-refractivity contribution in [2.45, 2.75) is 19.9 Å². The molecule has 1 aromatic rings. The van der Waals surface area contributed by atoms with Gasteiger partial charge in [0, 0.05) is 16.1 Å². The van der Waals surface area contributed by atoms with Crippen LogP contribution in [0.1, 0.15) is 19.4 Å². The highest BCUT2D eigenvalue weighted by Crippen LogP contribution is 2.19. The quantitative estimate of drug-likeness (QED) is 0.671. The fraction of sp³-hybridized carbons (Fsp3) is 0.286. The molecular formula is C14H15Cl2NO3. The Bertz CT molecular complexity index is 509. The van der Waals surface area contributed by atoms with Crippen LogP contribution in [0.3, 0.4) is 0 Å². The summed E-state index contributed by atoms with van der Waals surface area (Å²) >= 11 is 11.7. The summed E-state index contributed by atoms with van der Waals surface area (Å²) in [6.45, 7) is 3.53. The molecule has 0 spiro atoms. The molecular weight excluding hydrogens is 301 g/mol. The van der Waals surface area contributed by atoms with Crippen LogP contribution in [0.2, 0.25) is 10.0 Å². The minimum Gasteiger partial charge on any atom is -0.464 e. The normalized spacial score (nSPS) is 12.2. The Morgan fingerprint density at radius 1 is 1.30 bits per heavy atom. The van der Waals surface area contributed by atoms with E-state index in [1.54, 1.807) is 38.1 Å². The van der Waals surface area contributed by atoms with Gasteiger partial charge in [0.05, 0.1) is 6.61 Å². The number of esters is 1. The lowest BCUT2D eigenvalue weighted by Gasteiger charge is -2.10. The van der Waals surface area contributed by atoms with Crippen LogP contribution in [0, 0.1) is 0 Å². The summed E-state index contributed by atoms with van der Waals surface area (Å²) in [5.41, 5.74) is 0.696. The summed E-state index contributed by atoms with van der Waals surface area (Å²) in [7, 11) is 0. The predicted molar refractivity (Wildman–Crippen MR) is 79.7 cm³/mol. The Morgan fingerprint density at radius 2 is 1.90 bits per heavy atom. The van der Waals surface area contributed by atoms with E-state index in [4.69, 9.17) is 27.9 Å². The molecule has 1 N–H and O–H groups in total. The van der Waals surface area contributed by atoms with Crippen LogP contribution < -0.4 is 5.32 Å². The number of benzene rings is 1. The van der Waals surface area contributed by atoms with Crippen molar-refractivity contribution in [2.75, 3.05) is 6.61 Å². The second-order valence-electron chi connectivity index (χ2n) is 4.02. The lowest BCUT2D eigenvalue weighted by atomic mass is 10.2. The summed E-state index contributed by atoms with van der Waals surface area (Å²) in [6, 6.07) is 4.25. The van der Waals surface area contributed by atoms with Gasteiger partial charge < -0.3 is 10.1 Å². The Labute approximate surface area is 127 Å². The average Bonchev–Trinajstić information content (AvgIpc) is 2.35. The van der Waals surface area contributed by atoms with Crippen molar-refractivity contribution in [2.24, 2.45) is 0 Å². The fourth-order valence-corrected chi connectivity index (χ4v) is 1.97. The molecule has 20 heavy (non-hydrogen) atoms. The predicted octanol–water partition coefficient (Wildman–Crippen LogP) is 3.07. The van der Waals surface area contributed by atoms with Crippen LogP contribution >= 0.6 is 23.2 Å². The zero-order chi connectivity index (χ0) is 15.1. The standard InChI is InChI=1S/C14H15Cl2NO3/c1-3-20-14(19)9(2)17-13(18)5-4-10-6-11(15)8-12(16)7-10/h4-9H,3H2,1-2H3,(H,17,18). The fourth-order valence-electron chi connectivity index (χ4n) is 1.43. The summed E-state index contributed by atoms with van der Waals surface area (Å²) in [5.74, 6) is -0.873. The number of hydrogen-bond donors (Lipinski definition) is 1. The highest BCUT2D eigenvalue weighted by Gasteiger charge is 2.14. The molecule has 6 heteroatoms. The molecule has 0 radical (unpaired) electrons. The number of hydrogen-bond acceptors (Lipinski definition) is 3. The molecule has 1 unspecified atom stereocenters. The number of rotatable bonds is 5. The van der Waals surface area contributed by atoms with Crippen molar-refractivity contribution in [1.82, 2.24) is 5.32 Å². The summed E-state index contributed by atoms with van der Waals surface area (Å²) < 4.78 is 4.79. The first-order valence-electron chi connectivity index (χ1n) is 6.03. The number of carbonyl (C=O) groups is 2. The van der Waals surface area contributed by atoms with Gasteiger partial charge in [0.15, 0.2) is 0 Å². The van der Waals surface area contributed by atoms with E-state index in [1.807, 2.05) is 0 Å². The largest absolute Gasteiger partial charge is 0.464 e. The number of amides is 1. The third-order valence-corrected chi connectivity index (χ3v) is 2.75. The van der Waals surface area contributed by atoms with E-state index < -0.39 is 17.9 Å². The maximum absolute atomic E-state index is 11.6. The molecule has 108 valence electrons. The van der Waals surface area contributed by atoms with Crippen molar-refractivity contribution in [3.63, 3.8) is 0 Å². The molecule has 1 amide bonds. The van der Waals surface area contributed by atoms with E-state index in [1.165, 1.54) is 6.08 Å².